The van der Waals surface area contributed by atoms with Crippen molar-refractivity contribution in [1.29, 1.82) is 0 Å². The predicted molar refractivity (Wildman–Crippen MR) is 80.3 cm³/mol. The van der Waals surface area contributed by atoms with Crippen molar-refractivity contribution in [3.8, 4) is 5.75 Å². The average Bonchev–Trinajstić information content (AvgIpc) is 2.46. The van der Waals surface area contributed by atoms with E-state index >= 15 is 0 Å². The summed E-state index contributed by atoms with van der Waals surface area (Å²) < 4.78 is 5.66. The molecule has 2 rings (SSSR count). The molecule has 100 valence electrons. The van der Waals surface area contributed by atoms with Gasteiger partial charge in [-0.05, 0) is 55.5 Å². The van der Waals surface area contributed by atoms with Crippen LogP contribution in [0.4, 0.5) is 5.69 Å². The summed E-state index contributed by atoms with van der Waals surface area (Å²) in [5.74, 6) is 0.900. The minimum Gasteiger partial charge on any atom is -0.494 e. The second-order valence-corrected chi connectivity index (χ2v) is 4.71. The van der Waals surface area contributed by atoms with Gasteiger partial charge in [0.05, 0.1) is 6.61 Å². The average molecular weight is 255 g/mol. The van der Waals surface area contributed by atoms with Crippen LogP contribution in [0.5, 0.6) is 5.75 Å². The SMILES string of the molecule is Nc1ccc(OCCCCCc2ccccc2)cc1. The molecule has 0 aliphatic heterocycles. The van der Waals surface area contributed by atoms with Crippen molar-refractivity contribution >= 4 is 5.69 Å². The third kappa shape index (κ3) is 5.04. The minimum atomic E-state index is 0.773. The lowest BCUT2D eigenvalue weighted by atomic mass is 10.1. The van der Waals surface area contributed by atoms with Gasteiger partial charge >= 0.3 is 0 Å². The zero-order valence-corrected chi connectivity index (χ0v) is 11.2. The van der Waals surface area contributed by atoms with Gasteiger partial charge in [0.25, 0.3) is 0 Å². The Bertz CT molecular complexity index is 464. The molecule has 2 heteroatoms. The van der Waals surface area contributed by atoms with Crippen LogP contribution in [-0.2, 0) is 6.42 Å². The van der Waals surface area contributed by atoms with E-state index in [1.54, 1.807) is 0 Å². The molecule has 0 aliphatic rings. The molecule has 0 fully saturated rings. The molecule has 0 spiro atoms. The molecule has 0 radical (unpaired) electrons. The summed E-state index contributed by atoms with van der Waals surface area (Å²) in [5, 5.41) is 0. The highest BCUT2D eigenvalue weighted by molar-refractivity contribution is 5.41. The third-order valence-electron chi connectivity index (χ3n) is 3.10. The van der Waals surface area contributed by atoms with Crippen LogP contribution in [0.25, 0.3) is 0 Å². The maximum atomic E-state index is 5.66. The highest BCUT2D eigenvalue weighted by Gasteiger charge is 1.95. The number of nitrogens with two attached hydrogens (primary N) is 1. The van der Waals surface area contributed by atoms with Gasteiger partial charge in [-0.2, -0.15) is 0 Å². The van der Waals surface area contributed by atoms with Crippen molar-refractivity contribution in [2.45, 2.75) is 25.7 Å². The van der Waals surface area contributed by atoms with Crippen molar-refractivity contribution < 1.29 is 4.74 Å². The number of benzene rings is 2. The summed E-state index contributed by atoms with van der Waals surface area (Å²) in [4.78, 5) is 0. The summed E-state index contributed by atoms with van der Waals surface area (Å²) in [5.41, 5.74) is 7.81. The highest BCUT2D eigenvalue weighted by Crippen LogP contribution is 2.14. The van der Waals surface area contributed by atoms with E-state index in [9.17, 15) is 0 Å². The molecule has 0 aliphatic carbocycles. The van der Waals surface area contributed by atoms with E-state index in [-0.39, 0.29) is 0 Å². The molecule has 2 aromatic carbocycles. The predicted octanol–water partition coefficient (Wildman–Crippen LogP) is 4.06. The summed E-state index contributed by atoms with van der Waals surface area (Å²) in [6, 6.07) is 18.2. The fraction of sp³-hybridized carbons (Fsp3) is 0.294. The highest BCUT2D eigenvalue weighted by atomic mass is 16.5. The first kappa shape index (κ1) is 13.5. The number of anilines is 1. The fourth-order valence-corrected chi connectivity index (χ4v) is 2.01. The lowest BCUT2D eigenvalue weighted by molar-refractivity contribution is 0.305. The first-order valence-electron chi connectivity index (χ1n) is 6.87. The van der Waals surface area contributed by atoms with Gasteiger partial charge in [0.1, 0.15) is 5.75 Å². The second-order valence-electron chi connectivity index (χ2n) is 4.71. The Hall–Kier alpha value is -1.96. The Labute approximate surface area is 115 Å². The van der Waals surface area contributed by atoms with E-state index in [4.69, 9.17) is 10.5 Å². The van der Waals surface area contributed by atoms with Crippen LogP contribution in [0.2, 0.25) is 0 Å². The maximum absolute atomic E-state index is 5.66. The molecule has 19 heavy (non-hydrogen) atoms. The Morgan fingerprint density at radius 1 is 0.789 bits per heavy atom. The molecule has 0 saturated heterocycles. The van der Waals surface area contributed by atoms with Crippen LogP contribution in [0, 0.1) is 0 Å². The van der Waals surface area contributed by atoms with Crippen molar-refractivity contribution in [3.05, 3.63) is 60.2 Å². The van der Waals surface area contributed by atoms with Crippen molar-refractivity contribution in [3.63, 3.8) is 0 Å². The number of hydrogen-bond donors (Lipinski definition) is 1. The van der Waals surface area contributed by atoms with Crippen LogP contribution < -0.4 is 10.5 Å². The molecule has 0 bridgehead atoms. The smallest absolute Gasteiger partial charge is 0.119 e. The third-order valence-corrected chi connectivity index (χ3v) is 3.10. The van der Waals surface area contributed by atoms with E-state index in [2.05, 4.69) is 30.3 Å². The van der Waals surface area contributed by atoms with Gasteiger partial charge in [0.15, 0.2) is 0 Å². The van der Waals surface area contributed by atoms with Crippen LogP contribution in [0.3, 0.4) is 0 Å². The summed E-state index contributed by atoms with van der Waals surface area (Å²) in [7, 11) is 0. The van der Waals surface area contributed by atoms with Crippen molar-refractivity contribution in [1.82, 2.24) is 0 Å². The van der Waals surface area contributed by atoms with E-state index in [0.717, 1.165) is 30.9 Å². The van der Waals surface area contributed by atoms with Gasteiger partial charge in [-0.1, -0.05) is 30.3 Å². The molecule has 2 nitrogen and oxygen atoms in total. The van der Waals surface area contributed by atoms with Gasteiger partial charge < -0.3 is 10.5 Å². The van der Waals surface area contributed by atoms with Crippen LogP contribution in [-0.4, -0.2) is 6.61 Å². The molecule has 2 N–H and O–H groups in total. The fourth-order valence-electron chi connectivity index (χ4n) is 2.01. The lowest BCUT2D eigenvalue weighted by Gasteiger charge is -2.06. The number of ether oxygens (including phenoxy) is 1. The number of unbranched alkanes of at least 4 members (excludes halogenated alkanes) is 2. The largest absolute Gasteiger partial charge is 0.494 e. The quantitative estimate of drug-likeness (QED) is 0.598. The molecular formula is C17H21NO. The summed E-state index contributed by atoms with van der Waals surface area (Å²) in [6.07, 6.45) is 4.67. The molecule has 0 heterocycles. The van der Waals surface area contributed by atoms with Crippen molar-refractivity contribution in [2.75, 3.05) is 12.3 Å². The van der Waals surface area contributed by atoms with E-state index in [1.807, 2.05) is 24.3 Å². The zero-order valence-electron chi connectivity index (χ0n) is 11.2. The van der Waals surface area contributed by atoms with Gasteiger partial charge in [-0.15, -0.1) is 0 Å². The van der Waals surface area contributed by atoms with Gasteiger partial charge in [0.2, 0.25) is 0 Å². The topological polar surface area (TPSA) is 35.2 Å². The molecule has 2 aromatic rings. The normalized spacial score (nSPS) is 10.3. The van der Waals surface area contributed by atoms with Gasteiger partial charge in [0, 0.05) is 5.69 Å². The van der Waals surface area contributed by atoms with Crippen LogP contribution >= 0.6 is 0 Å². The second kappa shape index (κ2) is 7.47. The Morgan fingerprint density at radius 2 is 1.53 bits per heavy atom. The molecule has 0 amide bonds. The van der Waals surface area contributed by atoms with E-state index in [1.165, 1.54) is 18.4 Å². The molecular weight excluding hydrogens is 234 g/mol. The monoisotopic (exact) mass is 255 g/mol. The summed E-state index contributed by atoms with van der Waals surface area (Å²) >= 11 is 0. The molecule has 0 saturated carbocycles. The Balaban J connectivity index is 1.56. The van der Waals surface area contributed by atoms with Crippen molar-refractivity contribution in [2.24, 2.45) is 0 Å². The first-order chi connectivity index (χ1) is 9.34. The molecule has 0 atom stereocenters. The number of nitrogen functional groups attached to an aromatic ring is 1. The molecule has 0 unspecified atom stereocenters. The molecule has 0 aromatic heterocycles. The number of aryl methyl sites for hydroxylation is 1. The van der Waals surface area contributed by atoms with Gasteiger partial charge in [-0.25, -0.2) is 0 Å². The van der Waals surface area contributed by atoms with E-state index in [0.29, 0.717) is 0 Å². The zero-order chi connectivity index (χ0) is 13.3. The van der Waals surface area contributed by atoms with E-state index < -0.39 is 0 Å². The number of hydrogen-bond acceptors (Lipinski definition) is 2. The standard InChI is InChI=1S/C17H21NO/c18-16-10-12-17(13-11-16)19-14-6-2-5-9-15-7-3-1-4-8-15/h1,3-4,7-8,10-13H,2,5-6,9,14,18H2. The van der Waals surface area contributed by atoms with Crippen LogP contribution in [0.15, 0.2) is 54.6 Å². The van der Waals surface area contributed by atoms with Crippen LogP contribution in [0.1, 0.15) is 24.8 Å². The Kier molecular flexibility index (Phi) is 5.30. The lowest BCUT2D eigenvalue weighted by Crippen LogP contribution is -1.98. The first-order valence-corrected chi connectivity index (χ1v) is 6.87. The summed E-state index contributed by atoms with van der Waals surface area (Å²) in [6.45, 7) is 0.776. The number of rotatable bonds is 7. The minimum absolute atomic E-state index is 0.773. The van der Waals surface area contributed by atoms with Gasteiger partial charge in [-0.3, -0.25) is 0 Å². The Morgan fingerprint density at radius 3 is 2.26 bits per heavy atom. The maximum Gasteiger partial charge on any atom is 0.119 e.